The van der Waals surface area contributed by atoms with Crippen molar-refractivity contribution in [2.45, 2.75) is 38.8 Å². The quantitative estimate of drug-likeness (QED) is 0.398. The summed E-state index contributed by atoms with van der Waals surface area (Å²) >= 11 is 0. The number of carbonyl (C=O) groups is 1. The summed E-state index contributed by atoms with van der Waals surface area (Å²) in [6.45, 7) is 7.74. The van der Waals surface area contributed by atoms with Crippen molar-refractivity contribution in [3.63, 3.8) is 0 Å². The largest absolute Gasteiger partial charge is 0.339 e. The number of nitrogens with zero attached hydrogens (tertiary/aromatic N) is 2. The molecule has 1 N–H and O–H groups in total. The van der Waals surface area contributed by atoms with Crippen LogP contribution in [0.1, 0.15) is 43.0 Å². The number of carbonyl (C=O) groups excluding carboxylic acids is 1. The summed E-state index contributed by atoms with van der Waals surface area (Å²) in [7, 11) is 0. The summed E-state index contributed by atoms with van der Waals surface area (Å²) in [6, 6.07) is 22.7. The Bertz CT molecular complexity index is 1070. The molecular formula is C31H37F2N3O. The van der Waals surface area contributed by atoms with Gasteiger partial charge in [0.1, 0.15) is 11.6 Å². The average molecular weight is 506 g/mol. The van der Waals surface area contributed by atoms with E-state index in [1.807, 2.05) is 23.1 Å². The summed E-state index contributed by atoms with van der Waals surface area (Å²) in [5.41, 5.74) is 3.04. The fourth-order valence-electron chi connectivity index (χ4n) is 4.97. The van der Waals surface area contributed by atoms with Gasteiger partial charge in [0.15, 0.2) is 0 Å². The van der Waals surface area contributed by atoms with Crippen LogP contribution in [0.2, 0.25) is 0 Å². The Morgan fingerprint density at radius 2 is 1.35 bits per heavy atom. The first-order valence-electron chi connectivity index (χ1n) is 13.2. The summed E-state index contributed by atoms with van der Waals surface area (Å²) in [5, 5.41) is 3.52. The van der Waals surface area contributed by atoms with Gasteiger partial charge in [-0.05, 0) is 66.3 Å². The van der Waals surface area contributed by atoms with Gasteiger partial charge in [0.25, 0.3) is 0 Å². The lowest BCUT2D eigenvalue weighted by Gasteiger charge is -2.41. The third-order valence-electron chi connectivity index (χ3n) is 7.06. The van der Waals surface area contributed by atoms with Gasteiger partial charge in [0.05, 0.1) is 12.1 Å². The molecule has 3 aromatic carbocycles. The van der Waals surface area contributed by atoms with Gasteiger partial charge >= 0.3 is 0 Å². The Hall–Kier alpha value is -3.09. The number of hydrogen-bond acceptors (Lipinski definition) is 3. The topological polar surface area (TPSA) is 35.6 Å². The highest BCUT2D eigenvalue weighted by molar-refractivity contribution is 5.82. The van der Waals surface area contributed by atoms with Crippen molar-refractivity contribution in [2.75, 3.05) is 32.7 Å². The SMILES string of the molecule is CC(C)CCNC(Cc1ccccc1)C(=O)N1CCN(C(c2ccc(F)cc2)c2ccc(F)cc2)CC1. The third kappa shape index (κ3) is 7.46. The Balaban J connectivity index is 1.46. The minimum Gasteiger partial charge on any atom is -0.339 e. The molecule has 4 nitrogen and oxygen atoms in total. The zero-order valence-electron chi connectivity index (χ0n) is 21.7. The fourth-order valence-corrected chi connectivity index (χ4v) is 4.97. The van der Waals surface area contributed by atoms with E-state index >= 15 is 0 Å². The first-order chi connectivity index (χ1) is 17.9. The maximum atomic E-state index is 13.6. The molecule has 37 heavy (non-hydrogen) atoms. The highest BCUT2D eigenvalue weighted by Gasteiger charge is 2.31. The molecule has 0 bridgehead atoms. The maximum absolute atomic E-state index is 13.6. The molecule has 0 radical (unpaired) electrons. The van der Waals surface area contributed by atoms with Crippen LogP contribution in [0.4, 0.5) is 8.78 Å². The van der Waals surface area contributed by atoms with Crippen LogP contribution in [0.15, 0.2) is 78.9 Å². The van der Waals surface area contributed by atoms with Gasteiger partial charge in [-0.15, -0.1) is 0 Å². The Morgan fingerprint density at radius 1 is 0.811 bits per heavy atom. The summed E-state index contributed by atoms with van der Waals surface area (Å²) in [5.74, 6) is 0.128. The molecule has 0 aromatic heterocycles. The molecule has 1 saturated heterocycles. The van der Waals surface area contributed by atoms with E-state index in [4.69, 9.17) is 0 Å². The molecule has 1 amide bonds. The highest BCUT2D eigenvalue weighted by atomic mass is 19.1. The normalized spacial score (nSPS) is 15.4. The fraction of sp³-hybridized carbons (Fsp3) is 0.387. The van der Waals surface area contributed by atoms with Crippen molar-refractivity contribution in [1.29, 1.82) is 0 Å². The number of amides is 1. The second-order valence-corrected chi connectivity index (χ2v) is 10.2. The molecule has 3 aromatic rings. The zero-order valence-corrected chi connectivity index (χ0v) is 21.7. The van der Waals surface area contributed by atoms with Gasteiger partial charge in [-0.3, -0.25) is 9.69 Å². The van der Waals surface area contributed by atoms with Gasteiger partial charge < -0.3 is 10.2 Å². The molecule has 1 fully saturated rings. The van der Waals surface area contributed by atoms with Gasteiger partial charge in [-0.2, -0.15) is 0 Å². The molecule has 4 rings (SSSR count). The predicted molar refractivity (Wildman–Crippen MR) is 144 cm³/mol. The first kappa shape index (κ1) is 27.0. The van der Waals surface area contributed by atoms with Crippen molar-refractivity contribution < 1.29 is 13.6 Å². The maximum Gasteiger partial charge on any atom is 0.240 e. The third-order valence-corrected chi connectivity index (χ3v) is 7.06. The van der Waals surface area contributed by atoms with Crippen LogP contribution < -0.4 is 5.32 Å². The van der Waals surface area contributed by atoms with Crippen molar-refractivity contribution in [3.05, 3.63) is 107 Å². The lowest BCUT2D eigenvalue weighted by Crippen LogP contribution is -2.55. The molecular weight excluding hydrogens is 468 g/mol. The number of nitrogens with one attached hydrogen (secondary N) is 1. The lowest BCUT2D eigenvalue weighted by atomic mass is 9.96. The highest BCUT2D eigenvalue weighted by Crippen LogP contribution is 2.30. The Morgan fingerprint density at radius 3 is 1.86 bits per heavy atom. The van der Waals surface area contributed by atoms with Gasteiger partial charge in [0.2, 0.25) is 5.91 Å². The minimum absolute atomic E-state index is 0.132. The molecule has 196 valence electrons. The van der Waals surface area contributed by atoms with Crippen LogP contribution in [-0.2, 0) is 11.2 Å². The second-order valence-electron chi connectivity index (χ2n) is 10.2. The smallest absolute Gasteiger partial charge is 0.240 e. The van der Waals surface area contributed by atoms with E-state index in [9.17, 15) is 13.6 Å². The molecule has 1 heterocycles. The molecule has 0 aliphatic carbocycles. The molecule has 0 saturated carbocycles. The van der Waals surface area contributed by atoms with Crippen LogP contribution in [0.25, 0.3) is 0 Å². The molecule has 6 heteroatoms. The number of hydrogen-bond donors (Lipinski definition) is 1. The predicted octanol–water partition coefficient (Wildman–Crippen LogP) is 5.45. The van der Waals surface area contributed by atoms with Crippen LogP contribution in [0.5, 0.6) is 0 Å². The number of halogens is 2. The van der Waals surface area contributed by atoms with E-state index in [-0.39, 0.29) is 29.6 Å². The van der Waals surface area contributed by atoms with E-state index in [2.05, 4.69) is 36.2 Å². The lowest BCUT2D eigenvalue weighted by molar-refractivity contribution is -0.135. The molecule has 1 aliphatic heterocycles. The van der Waals surface area contributed by atoms with Crippen molar-refractivity contribution in [1.82, 2.24) is 15.1 Å². The van der Waals surface area contributed by atoms with Crippen molar-refractivity contribution in [3.8, 4) is 0 Å². The van der Waals surface area contributed by atoms with E-state index in [0.29, 0.717) is 38.5 Å². The second kappa shape index (κ2) is 12.9. The summed E-state index contributed by atoms with van der Waals surface area (Å²) in [6.07, 6.45) is 1.68. The van der Waals surface area contributed by atoms with E-state index in [1.54, 1.807) is 24.3 Å². The average Bonchev–Trinajstić information content (AvgIpc) is 2.91. The van der Waals surface area contributed by atoms with Crippen LogP contribution >= 0.6 is 0 Å². The minimum atomic E-state index is -0.286. The molecule has 0 spiro atoms. The first-order valence-corrected chi connectivity index (χ1v) is 13.2. The van der Waals surface area contributed by atoms with E-state index < -0.39 is 0 Å². The summed E-state index contributed by atoms with van der Waals surface area (Å²) < 4.78 is 27.3. The molecule has 1 aliphatic rings. The molecule has 1 unspecified atom stereocenters. The monoisotopic (exact) mass is 505 g/mol. The number of rotatable bonds is 10. The van der Waals surface area contributed by atoms with E-state index in [0.717, 1.165) is 29.7 Å². The standard InChI is InChI=1S/C31H37F2N3O/c1-23(2)16-17-34-29(22-24-6-4-3-5-7-24)31(37)36-20-18-35(19-21-36)30(25-8-12-27(32)13-9-25)26-10-14-28(33)15-11-26/h3-15,23,29-30,34H,16-22H2,1-2H3. The number of piperazine rings is 1. The van der Waals surface area contributed by atoms with Crippen molar-refractivity contribution in [2.24, 2.45) is 5.92 Å². The Labute approximate surface area is 219 Å². The summed E-state index contributed by atoms with van der Waals surface area (Å²) in [4.78, 5) is 17.9. The van der Waals surface area contributed by atoms with Gasteiger partial charge in [-0.1, -0.05) is 68.4 Å². The zero-order chi connectivity index (χ0) is 26.2. The van der Waals surface area contributed by atoms with E-state index in [1.165, 1.54) is 24.3 Å². The van der Waals surface area contributed by atoms with Gasteiger partial charge in [0, 0.05) is 26.2 Å². The van der Waals surface area contributed by atoms with Crippen LogP contribution in [-0.4, -0.2) is 54.5 Å². The number of benzene rings is 3. The van der Waals surface area contributed by atoms with Crippen LogP contribution in [0, 0.1) is 17.6 Å². The molecule has 1 atom stereocenters. The van der Waals surface area contributed by atoms with Gasteiger partial charge in [-0.25, -0.2) is 8.78 Å². The van der Waals surface area contributed by atoms with Crippen molar-refractivity contribution >= 4 is 5.91 Å². The van der Waals surface area contributed by atoms with Crippen LogP contribution in [0.3, 0.4) is 0 Å². The Kier molecular flexibility index (Phi) is 9.42.